The zero-order valence-corrected chi connectivity index (χ0v) is 21.9. The number of carbonyl (C=O) groups is 2. The van der Waals surface area contributed by atoms with Crippen molar-refractivity contribution in [3.05, 3.63) is 62.7 Å². The molecular weight excluding hydrogens is 565 g/mol. The van der Waals surface area contributed by atoms with Crippen LogP contribution in [-0.4, -0.2) is 50.5 Å². The molecule has 2 rings (SSSR count). The van der Waals surface area contributed by atoms with E-state index < -0.39 is 28.5 Å². The number of nitrogens with zero attached hydrogens (tertiary/aromatic N) is 2. The molecule has 0 radical (unpaired) electrons. The molecule has 7 nitrogen and oxygen atoms in total. The Hall–Kier alpha value is -1.85. The highest BCUT2D eigenvalue weighted by Crippen LogP contribution is 2.21. The van der Waals surface area contributed by atoms with Gasteiger partial charge in [0.2, 0.25) is 21.8 Å². The third kappa shape index (κ3) is 7.35. The van der Waals surface area contributed by atoms with Gasteiger partial charge in [-0.2, -0.15) is 0 Å². The van der Waals surface area contributed by atoms with Gasteiger partial charge in [0.15, 0.2) is 0 Å². The van der Waals surface area contributed by atoms with Gasteiger partial charge in [-0.05, 0) is 77.9 Å². The third-order valence-corrected chi connectivity index (χ3v) is 6.91. The van der Waals surface area contributed by atoms with Gasteiger partial charge in [0, 0.05) is 21.7 Å². The van der Waals surface area contributed by atoms with Crippen molar-refractivity contribution in [3.63, 3.8) is 0 Å². The Morgan fingerprint density at radius 1 is 1.06 bits per heavy atom. The Morgan fingerprint density at radius 3 is 2.16 bits per heavy atom. The van der Waals surface area contributed by atoms with Gasteiger partial charge >= 0.3 is 0 Å². The standard InChI is InChI=1S/C22H27ClIN3O4S/c1-4-20(22(29)25-5-2)26(14-16-6-8-17(23)9-7-16)21(28)15-27(32(3,30)31)19-12-10-18(24)11-13-19/h6-13,20H,4-5,14-15H2,1-3H3,(H,25,29). The van der Waals surface area contributed by atoms with Crippen LogP contribution in [0.5, 0.6) is 0 Å². The fourth-order valence-electron chi connectivity index (χ4n) is 3.22. The molecule has 0 aliphatic carbocycles. The summed E-state index contributed by atoms with van der Waals surface area (Å²) in [4.78, 5) is 27.6. The van der Waals surface area contributed by atoms with E-state index in [1.807, 2.05) is 6.92 Å². The molecule has 0 aromatic heterocycles. The molecule has 2 aromatic rings. The normalized spacial score (nSPS) is 12.2. The number of rotatable bonds is 10. The van der Waals surface area contributed by atoms with E-state index in [1.165, 1.54) is 4.90 Å². The fraction of sp³-hybridized carbons (Fsp3) is 0.364. The van der Waals surface area contributed by atoms with Crippen LogP contribution in [0.1, 0.15) is 25.8 Å². The summed E-state index contributed by atoms with van der Waals surface area (Å²) in [5, 5.41) is 3.32. The average molecular weight is 592 g/mol. The number of halogens is 2. The van der Waals surface area contributed by atoms with Crippen LogP contribution >= 0.6 is 34.2 Å². The van der Waals surface area contributed by atoms with Crippen molar-refractivity contribution in [2.24, 2.45) is 0 Å². The number of likely N-dealkylation sites (N-methyl/N-ethyl adjacent to an activating group) is 1. The number of amides is 2. The van der Waals surface area contributed by atoms with Gasteiger partial charge in [0.1, 0.15) is 12.6 Å². The lowest BCUT2D eigenvalue weighted by atomic mass is 10.1. The van der Waals surface area contributed by atoms with Crippen molar-refractivity contribution in [1.29, 1.82) is 0 Å². The maximum atomic E-state index is 13.4. The molecule has 1 N–H and O–H groups in total. The van der Waals surface area contributed by atoms with Crippen molar-refractivity contribution in [2.75, 3.05) is 23.7 Å². The maximum Gasteiger partial charge on any atom is 0.244 e. The largest absolute Gasteiger partial charge is 0.355 e. The molecule has 0 aliphatic heterocycles. The molecule has 174 valence electrons. The topological polar surface area (TPSA) is 86.8 Å². The van der Waals surface area contributed by atoms with Gasteiger partial charge in [-0.15, -0.1) is 0 Å². The molecule has 2 amide bonds. The van der Waals surface area contributed by atoms with Crippen molar-refractivity contribution in [1.82, 2.24) is 10.2 Å². The molecule has 0 heterocycles. The Morgan fingerprint density at radius 2 is 1.66 bits per heavy atom. The number of sulfonamides is 1. The van der Waals surface area contributed by atoms with E-state index in [-0.39, 0.29) is 12.5 Å². The molecule has 1 unspecified atom stereocenters. The minimum Gasteiger partial charge on any atom is -0.355 e. The van der Waals surface area contributed by atoms with Crippen LogP contribution in [-0.2, 0) is 26.2 Å². The number of carbonyl (C=O) groups excluding carboxylic acids is 2. The van der Waals surface area contributed by atoms with Crippen LogP contribution < -0.4 is 9.62 Å². The zero-order valence-electron chi connectivity index (χ0n) is 18.2. The lowest BCUT2D eigenvalue weighted by molar-refractivity contribution is -0.140. The minimum atomic E-state index is -3.74. The number of hydrogen-bond donors (Lipinski definition) is 1. The average Bonchev–Trinajstić information content (AvgIpc) is 2.73. The lowest BCUT2D eigenvalue weighted by Gasteiger charge is -2.32. The molecule has 2 aromatic carbocycles. The van der Waals surface area contributed by atoms with E-state index in [0.29, 0.717) is 23.7 Å². The first-order valence-electron chi connectivity index (χ1n) is 10.1. The van der Waals surface area contributed by atoms with Gasteiger partial charge < -0.3 is 10.2 Å². The van der Waals surface area contributed by atoms with Gasteiger partial charge in [0.05, 0.1) is 11.9 Å². The quantitative estimate of drug-likeness (QED) is 0.428. The molecular formula is C22H27ClIN3O4S. The van der Waals surface area contributed by atoms with Crippen molar-refractivity contribution >= 4 is 61.7 Å². The SMILES string of the molecule is CCNC(=O)C(CC)N(Cc1ccc(Cl)cc1)C(=O)CN(c1ccc(I)cc1)S(C)(=O)=O. The molecule has 0 bridgehead atoms. The second-order valence-corrected chi connectivity index (χ2v) is 10.8. The molecule has 0 fully saturated rings. The Bertz CT molecular complexity index is 1030. The van der Waals surface area contributed by atoms with Gasteiger partial charge in [-0.1, -0.05) is 30.7 Å². The molecule has 0 spiro atoms. The van der Waals surface area contributed by atoms with Crippen LogP contribution in [0.4, 0.5) is 5.69 Å². The summed E-state index contributed by atoms with van der Waals surface area (Å²) in [5.41, 5.74) is 1.17. The van der Waals surface area contributed by atoms with Gasteiger partial charge in [-0.25, -0.2) is 8.42 Å². The Balaban J connectivity index is 2.40. The Kier molecular flexibility index (Phi) is 9.78. The molecule has 0 saturated carbocycles. The highest BCUT2D eigenvalue weighted by atomic mass is 127. The highest BCUT2D eigenvalue weighted by molar-refractivity contribution is 14.1. The maximum absolute atomic E-state index is 13.4. The first-order valence-corrected chi connectivity index (χ1v) is 13.4. The molecule has 0 aliphatic rings. The molecule has 10 heteroatoms. The summed E-state index contributed by atoms with van der Waals surface area (Å²) in [6.45, 7) is 3.78. The van der Waals surface area contributed by atoms with E-state index in [4.69, 9.17) is 11.6 Å². The predicted molar refractivity (Wildman–Crippen MR) is 136 cm³/mol. The number of anilines is 1. The van der Waals surface area contributed by atoms with E-state index in [9.17, 15) is 18.0 Å². The monoisotopic (exact) mass is 591 g/mol. The van der Waals surface area contributed by atoms with Crippen molar-refractivity contribution in [2.45, 2.75) is 32.9 Å². The van der Waals surface area contributed by atoms with Gasteiger partial charge in [0.25, 0.3) is 0 Å². The first-order chi connectivity index (χ1) is 15.1. The van der Waals surface area contributed by atoms with Gasteiger partial charge in [-0.3, -0.25) is 13.9 Å². The zero-order chi connectivity index (χ0) is 23.9. The molecule has 32 heavy (non-hydrogen) atoms. The second kappa shape index (κ2) is 11.9. The van der Waals surface area contributed by atoms with E-state index in [2.05, 4.69) is 27.9 Å². The second-order valence-electron chi connectivity index (χ2n) is 7.21. The highest BCUT2D eigenvalue weighted by Gasteiger charge is 2.31. The van der Waals surface area contributed by atoms with Crippen LogP contribution in [0.15, 0.2) is 48.5 Å². The summed E-state index contributed by atoms with van der Waals surface area (Å²) < 4.78 is 27.0. The van der Waals surface area contributed by atoms with Crippen molar-refractivity contribution in [3.8, 4) is 0 Å². The van der Waals surface area contributed by atoms with E-state index in [1.54, 1.807) is 55.5 Å². The van der Waals surface area contributed by atoms with Crippen LogP contribution in [0.3, 0.4) is 0 Å². The lowest BCUT2D eigenvalue weighted by Crippen LogP contribution is -2.52. The number of nitrogens with one attached hydrogen (secondary N) is 1. The minimum absolute atomic E-state index is 0.149. The summed E-state index contributed by atoms with van der Waals surface area (Å²) in [6.07, 6.45) is 1.44. The predicted octanol–water partition coefficient (Wildman–Crippen LogP) is 3.65. The van der Waals surface area contributed by atoms with Crippen LogP contribution in [0, 0.1) is 3.57 Å². The van der Waals surface area contributed by atoms with Crippen LogP contribution in [0.25, 0.3) is 0 Å². The summed E-state index contributed by atoms with van der Waals surface area (Å²) in [6, 6.07) is 13.1. The number of hydrogen-bond acceptors (Lipinski definition) is 4. The van der Waals surface area contributed by atoms with Crippen molar-refractivity contribution < 1.29 is 18.0 Å². The summed E-state index contributed by atoms with van der Waals surface area (Å²) >= 11 is 8.09. The molecule has 1 atom stereocenters. The van der Waals surface area contributed by atoms with E-state index >= 15 is 0 Å². The fourth-order valence-corrected chi connectivity index (χ4v) is 4.55. The summed E-state index contributed by atoms with van der Waals surface area (Å²) in [7, 11) is -3.74. The number of benzene rings is 2. The Labute approximate surface area is 208 Å². The smallest absolute Gasteiger partial charge is 0.244 e. The van der Waals surface area contributed by atoms with E-state index in [0.717, 1.165) is 19.7 Å². The van der Waals surface area contributed by atoms with Crippen LogP contribution in [0.2, 0.25) is 5.02 Å². The summed E-state index contributed by atoms with van der Waals surface area (Å²) in [5.74, 6) is -0.750. The first kappa shape index (κ1) is 26.4. The third-order valence-electron chi connectivity index (χ3n) is 4.80. The molecule has 0 saturated heterocycles.